The summed E-state index contributed by atoms with van der Waals surface area (Å²) in [6, 6.07) is 15.2. The van der Waals surface area contributed by atoms with Gasteiger partial charge in [-0.1, -0.05) is 29.8 Å². The molecule has 0 radical (unpaired) electrons. The molecule has 7 nitrogen and oxygen atoms in total. The number of benzene rings is 2. The zero-order chi connectivity index (χ0) is 22.0. The van der Waals surface area contributed by atoms with Crippen LogP contribution >= 0.6 is 12.2 Å². The Labute approximate surface area is 186 Å². The first-order chi connectivity index (χ1) is 15.0. The number of para-hydroxylation sites is 1. The van der Waals surface area contributed by atoms with Crippen molar-refractivity contribution in [3.05, 3.63) is 58.9 Å². The summed E-state index contributed by atoms with van der Waals surface area (Å²) in [6.07, 6.45) is 0. The minimum Gasteiger partial charge on any atom is -0.496 e. The highest BCUT2D eigenvalue weighted by atomic mass is 32.1. The van der Waals surface area contributed by atoms with Crippen molar-refractivity contribution in [2.24, 2.45) is 0 Å². The van der Waals surface area contributed by atoms with Gasteiger partial charge in [0.25, 0.3) is 0 Å². The van der Waals surface area contributed by atoms with Crippen molar-refractivity contribution in [1.82, 2.24) is 19.2 Å². The lowest BCUT2D eigenvalue weighted by atomic mass is 10.1. The summed E-state index contributed by atoms with van der Waals surface area (Å²) in [6.45, 7) is 6.13. The van der Waals surface area contributed by atoms with Crippen LogP contribution in [0, 0.1) is 11.7 Å². The van der Waals surface area contributed by atoms with Crippen LogP contribution in [0.5, 0.6) is 5.75 Å². The van der Waals surface area contributed by atoms with Gasteiger partial charge in [0, 0.05) is 18.8 Å². The highest BCUT2D eigenvalue weighted by Gasteiger charge is 2.27. The fraction of sp³-hybridized carbons (Fsp3) is 0.348. The summed E-state index contributed by atoms with van der Waals surface area (Å²) in [7, 11) is 1.63. The first-order valence-electron chi connectivity index (χ1n) is 10.3. The molecule has 1 fully saturated rings. The normalized spacial score (nSPS) is 15.0. The molecule has 1 unspecified atom stereocenters. The summed E-state index contributed by atoms with van der Waals surface area (Å²) in [5.74, 6) is 1.31. The van der Waals surface area contributed by atoms with Gasteiger partial charge in [-0.2, -0.15) is 5.10 Å². The van der Waals surface area contributed by atoms with Crippen molar-refractivity contribution >= 4 is 18.1 Å². The third-order valence-electron chi connectivity index (χ3n) is 5.49. The van der Waals surface area contributed by atoms with Gasteiger partial charge in [-0.25, -0.2) is 4.68 Å². The predicted molar refractivity (Wildman–Crippen MR) is 121 cm³/mol. The van der Waals surface area contributed by atoms with Crippen molar-refractivity contribution in [2.75, 3.05) is 33.4 Å². The molecule has 0 saturated carbocycles. The van der Waals surface area contributed by atoms with E-state index in [2.05, 4.69) is 0 Å². The monoisotopic (exact) mass is 438 g/mol. The average Bonchev–Trinajstić information content (AvgIpc) is 3.16. The second kappa shape index (κ2) is 9.03. The maximum absolute atomic E-state index is 13.1. The standard InChI is InChI=1S/C23H26N4O3S/c1-16-8-10-18(11-9-16)26-21(19-6-4-5-7-20(19)29-3)24-27(23(26)31)17(2)22(28)25-12-14-30-15-13-25/h4-11,17H,12-15H2,1-3H3. The number of hydrogen-bond acceptors (Lipinski definition) is 5. The molecule has 1 aliphatic rings. The molecule has 1 aliphatic heterocycles. The van der Waals surface area contributed by atoms with E-state index in [0.717, 1.165) is 16.8 Å². The third kappa shape index (κ3) is 4.13. The fourth-order valence-electron chi connectivity index (χ4n) is 3.72. The summed E-state index contributed by atoms with van der Waals surface area (Å²) in [5.41, 5.74) is 2.84. The van der Waals surface area contributed by atoms with Crippen LogP contribution in [0.3, 0.4) is 0 Å². The number of methoxy groups -OCH3 is 1. The summed E-state index contributed by atoms with van der Waals surface area (Å²) < 4.78 is 14.9. The second-order valence-corrected chi connectivity index (χ2v) is 7.90. The Kier molecular flexibility index (Phi) is 6.20. The van der Waals surface area contributed by atoms with Gasteiger partial charge >= 0.3 is 0 Å². The van der Waals surface area contributed by atoms with Crippen molar-refractivity contribution in [3.63, 3.8) is 0 Å². The summed E-state index contributed by atoms with van der Waals surface area (Å²) >= 11 is 5.83. The van der Waals surface area contributed by atoms with Crippen LogP contribution < -0.4 is 4.74 Å². The lowest BCUT2D eigenvalue weighted by Gasteiger charge is -2.29. The third-order valence-corrected chi connectivity index (χ3v) is 5.86. The van der Waals surface area contributed by atoms with Crippen LogP contribution in [0.15, 0.2) is 48.5 Å². The molecule has 1 amide bonds. The Hall–Kier alpha value is -2.97. The lowest BCUT2D eigenvalue weighted by molar-refractivity contribution is -0.138. The molecule has 1 saturated heterocycles. The lowest BCUT2D eigenvalue weighted by Crippen LogP contribution is -2.43. The fourth-order valence-corrected chi connectivity index (χ4v) is 4.11. The van der Waals surface area contributed by atoms with Crippen molar-refractivity contribution < 1.29 is 14.3 Å². The summed E-state index contributed by atoms with van der Waals surface area (Å²) in [4.78, 5) is 15.0. The number of aryl methyl sites for hydroxylation is 1. The number of nitrogens with zero attached hydrogens (tertiary/aromatic N) is 4. The first-order valence-corrected chi connectivity index (χ1v) is 10.7. The van der Waals surface area contributed by atoms with E-state index in [1.807, 2.05) is 71.8 Å². The molecule has 2 heterocycles. The smallest absolute Gasteiger partial charge is 0.247 e. The van der Waals surface area contributed by atoms with E-state index in [-0.39, 0.29) is 5.91 Å². The van der Waals surface area contributed by atoms with Gasteiger partial charge in [-0.15, -0.1) is 0 Å². The zero-order valence-corrected chi connectivity index (χ0v) is 18.8. The number of carbonyl (C=O) groups is 1. The van der Waals surface area contributed by atoms with Crippen molar-refractivity contribution in [3.8, 4) is 22.8 Å². The molecule has 3 aromatic rings. The molecule has 8 heteroatoms. The van der Waals surface area contributed by atoms with E-state index >= 15 is 0 Å². The highest BCUT2D eigenvalue weighted by molar-refractivity contribution is 7.71. The van der Waals surface area contributed by atoms with Crippen molar-refractivity contribution in [1.29, 1.82) is 0 Å². The number of rotatable bonds is 5. The van der Waals surface area contributed by atoms with Gasteiger partial charge in [0.1, 0.15) is 11.8 Å². The topological polar surface area (TPSA) is 61.5 Å². The summed E-state index contributed by atoms with van der Waals surface area (Å²) in [5, 5.41) is 4.82. The van der Waals surface area contributed by atoms with Crippen LogP contribution in [-0.4, -0.2) is 58.6 Å². The van der Waals surface area contributed by atoms with E-state index in [0.29, 0.717) is 42.6 Å². The van der Waals surface area contributed by atoms with E-state index in [9.17, 15) is 4.79 Å². The molecule has 4 rings (SSSR count). The number of morpholine rings is 1. The van der Waals surface area contributed by atoms with Crippen LogP contribution in [0.1, 0.15) is 18.5 Å². The molecular weight excluding hydrogens is 412 g/mol. The number of hydrogen-bond donors (Lipinski definition) is 0. The van der Waals surface area contributed by atoms with Gasteiger partial charge in [-0.05, 0) is 50.3 Å². The second-order valence-electron chi connectivity index (χ2n) is 7.54. The molecule has 0 aliphatic carbocycles. The number of carbonyl (C=O) groups excluding carboxylic acids is 1. The van der Waals surface area contributed by atoms with Gasteiger partial charge in [0.2, 0.25) is 10.7 Å². The Morgan fingerprint density at radius 1 is 1.13 bits per heavy atom. The van der Waals surface area contributed by atoms with Crippen LogP contribution in [0.4, 0.5) is 0 Å². The van der Waals surface area contributed by atoms with Crippen LogP contribution in [0.2, 0.25) is 0 Å². The quantitative estimate of drug-likeness (QED) is 0.567. The van der Waals surface area contributed by atoms with E-state index in [1.54, 1.807) is 11.8 Å². The molecule has 162 valence electrons. The van der Waals surface area contributed by atoms with E-state index < -0.39 is 6.04 Å². The van der Waals surface area contributed by atoms with Crippen LogP contribution in [-0.2, 0) is 9.53 Å². The minimum atomic E-state index is -0.536. The average molecular weight is 439 g/mol. The molecule has 0 bridgehead atoms. The maximum atomic E-state index is 13.1. The van der Waals surface area contributed by atoms with E-state index in [4.69, 9.17) is 26.8 Å². The van der Waals surface area contributed by atoms with Gasteiger partial charge in [-0.3, -0.25) is 9.36 Å². The number of ether oxygens (including phenoxy) is 2. The Morgan fingerprint density at radius 2 is 1.81 bits per heavy atom. The molecule has 2 aromatic carbocycles. The Morgan fingerprint density at radius 3 is 2.48 bits per heavy atom. The molecule has 1 atom stereocenters. The molecule has 1 aromatic heterocycles. The minimum absolute atomic E-state index is 0.0143. The number of aromatic nitrogens is 3. The largest absolute Gasteiger partial charge is 0.496 e. The van der Waals surface area contributed by atoms with Gasteiger partial charge in [0.05, 0.1) is 25.9 Å². The first kappa shape index (κ1) is 21.3. The molecular formula is C23H26N4O3S. The van der Waals surface area contributed by atoms with Crippen LogP contribution in [0.25, 0.3) is 17.1 Å². The SMILES string of the molecule is COc1ccccc1-c1nn(C(C)C(=O)N2CCOCC2)c(=S)n1-c1ccc(C)cc1. The Balaban J connectivity index is 1.85. The molecule has 0 N–H and O–H groups in total. The zero-order valence-electron chi connectivity index (χ0n) is 17.9. The highest BCUT2D eigenvalue weighted by Crippen LogP contribution is 2.31. The maximum Gasteiger partial charge on any atom is 0.247 e. The Bertz CT molecular complexity index is 1130. The van der Waals surface area contributed by atoms with E-state index in [1.165, 1.54) is 0 Å². The predicted octanol–water partition coefficient (Wildman–Crippen LogP) is 3.81. The van der Waals surface area contributed by atoms with Crippen molar-refractivity contribution in [2.45, 2.75) is 19.9 Å². The van der Waals surface area contributed by atoms with Gasteiger partial charge in [0.15, 0.2) is 5.82 Å². The molecule has 0 spiro atoms. The van der Waals surface area contributed by atoms with Gasteiger partial charge < -0.3 is 14.4 Å². The molecule has 31 heavy (non-hydrogen) atoms. The number of amides is 1.